The van der Waals surface area contributed by atoms with E-state index < -0.39 is 16.1 Å². The molecule has 1 unspecified atom stereocenters. The lowest BCUT2D eigenvalue weighted by molar-refractivity contribution is -0.119. The number of halogens is 1. The van der Waals surface area contributed by atoms with E-state index in [4.69, 9.17) is 4.52 Å². The summed E-state index contributed by atoms with van der Waals surface area (Å²) in [7, 11) is -3.83. The molecule has 2 aromatic rings. The fraction of sp³-hybridized carbons (Fsp3) is 0.375. The van der Waals surface area contributed by atoms with Gasteiger partial charge in [-0.2, -0.15) is 4.31 Å². The summed E-state index contributed by atoms with van der Waals surface area (Å²) in [6.07, 6.45) is 1.12. The van der Waals surface area contributed by atoms with Crippen LogP contribution < -0.4 is 5.32 Å². The summed E-state index contributed by atoms with van der Waals surface area (Å²) >= 11 is 2.18. The van der Waals surface area contributed by atoms with Crippen LogP contribution in [0.3, 0.4) is 0 Å². The molecule has 1 fully saturated rings. The number of benzene rings is 1. The van der Waals surface area contributed by atoms with Gasteiger partial charge in [-0.05, 0) is 73.5 Å². The van der Waals surface area contributed by atoms with Gasteiger partial charge in [0.1, 0.15) is 16.6 Å². The second kappa shape index (κ2) is 7.04. The topological polar surface area (TPSA) is 92.5 Å². The van der Waals surface area contributed by atoms with Gasteiger partial charge in [-0.15, -0.1) is 0 Å². The number of carbonyl (C=O) groups excluding carboxylic acids is 1. The number of sulfonamides is 1. The van der Waals surface area contributed by atoms with Gasteiger partial charge in [0.2, 0.25) is 15.9 Å². The Morgan fingerprint density at radius 2 is 2.00 bits per heavy atom. The number of hydrogen-bond donors (Lipinski definition) is 1. The van der Waals surface area contributed by atoms with Gasteiger partial charge in [0.15, 0.2) is 5.76 Å². The predicted molar refractivity (Wildman–Crippen MR) is 101 cm³/mol. The van der Waals surface area contributed by atoms with Crippen molar-refractivity contribution >= 4 is 44.2 Å². The molecule has 9 heteroatoms. The van der Waals surface area contributed by atoms with Gasteiger partial charge in [-0.1, -0.05) is 5.16 Å². The fourth-order valence-electron chi connectivity index (χ4n) is 3.01. The standard InChI is InChI=1S/C16H18IN3O4S/c1-10-15(11(2)24-19-10)25(22,23)20-9-3-4-14(20)16(21)18-13-7-5-12(17)6-8-13/h5-8,14H,3-4,9H2,1-2H3,(H,18,21). The molecule has 0 saturated carbocycles. The summed E-state index contributed by atoms with van der Waals surface area (Å²) in [5.41, 5.74) is 0.952. The maximum Gasteiger partial charge on any atom is 0.249 e. The second-order valence-corrected chi connectivity index (χ2v) is 9.00. The zero-order chi connectivity index (χ0) is 18.2. The van der Waals surface area contributed by atoms with Gasteiger partial charge in [-0.25, -0.2) is 8.42 Å². The largest absolute Gasteiger partial charge is 0.360 e. The van der Waals surface area contributed by atoms with E-state index in [1.807, 2.05) is 12.1 Å². The van der Waals surface area contributed by atoms with Crippen LogP contribution in [0, 0.1) is 17.4 Å². The maximum atomic E-state index is 13.0. The van der Waals surface area contributed by atoms with Crippen molar-refractivity contribution in [1.29, 1.82) is 0 Å². The molecule has 134 valence electrons. The maximum absolute atomic E-state index is 13.0. The predicted octanol–water partition coefficient (Wildman–Crippen LogP) is 2.69. The van der Waals surface area contributed by atoms with E-state index >= 15 is 0 Å². The number of amides is 1. The van der Waals surface area contributed by atoms with Crippen LogP contribution in [0.4, 0.5) is 5.69 Å². The lowest BCUT2D eigenvalue weighted by Gasteiger charge is -2.23. The molecule has 1 saturated heterocycles. The number of aromatic nitrogens is 1. The Balaban J connectivity index is 1.85. The number of nitrogens with one attached hydrogen (secondary N) is 1. The molecule has 2 heterocycles. The van der Waals surface area contributed by atoms with Crippen LogP contribution in [0.2, 0.25) is 0 Å². The van der Waals surface area contributed by atoms with E-state index in [2.05, 4.69) is 33.1 Å². The van der Waals surface area contributed by atoms with Crippen molar-refractivity contribution in [1.82, 2.24) is 9.46 Å². The number of carbonyl (C=O) groups is 1. The highest BCUT2D eigenvalue weighted by molar-refractivity contribution is 14.1. The minimum Gasteiger partial charge on any atom is -0.360 e. The number of rotatable bonds is 4. The second-order valence-electron chi connectivity index (χ2n) is 5.92. The third-order valence-electron chi connectivity index (χ3n) is 4.15. The van der Waals surface area contributed by atoms with Crippen LogP contribution in [-0.4, -0.2) is 36.4 Å². The van der Waals surface area contributed by atoms with Gasteiger partial charge in [0.25, 0.3) is 0 Å². The molecule has 0 radical (unpaired) electrons. The first-order valence-corrected chi connectivity index (χ1v) is 10.3. The van der Waals surface area contributed by atoms with Gasteiger partial charge < -0.3 is 9.84 Å². The van der Waals surface area contributed by atoms with E-state index in [0.717, 1.165) is 3.57 Å². The molecule has 1 aromatic carbocycles. The van der Waals surface area contributed by atoms with Crippen molar-refractivity contribution < 1.29 is 17.7 Å². The Labute approximate surface area is 159 Å². The molecule has 0 bridgehead atoms. The van der Waals surface area contributed by atoms with Crippen molar-refractivity contribution in [3.63, 3.8) is 0 Å². The molecule has 1 aliphatic heterocycles. The quantitative estimate of drug-likeness (QED) is 0.687. The van der Waals surface area contributed by atoms with Crippen LogP contribution in [0.25, 0.3) is 0 Å². The molecular weight excluding hydrogens is 457 g/mol. The van der Waals surface area contributed by atoms with Gasteiger partial charge >= 0.3 is 0 Å². The van der Waals surface area contributed by atoms with Crippen molar-refractivity contribution in [2.24, 2.45) is 0 Å². The van der Waals surface area contributed by atoms with Gasteiger partial charge in [0.05, 0.1) is 0 Å². The molecular formula is C16H18IN3O4S. The lowest BCUT2D eigenvalue weighted by atomic mass is 10.2. The highest BCUT2D eigenvalue weighted by Gasteiger charge is 2.41. The Morgan fingerprint density at radius 3 is 2.60 bits per heavy atom. The van der Waals surface area contributed by atoms with Crippen molar-refractivity contribution in [2.45, 2.75) is 37.6 Å². The number of nitrogens with zero attached hydrogens (tertiary/aromatic N) is 2. The fourth-order valence-corrected chi connectivity index (χ4v) is 5.32. The minimum absolute atomic E-state index is 0.0569. The third kappa shape index (κ3) is 3.58. The highest BCUT2D eigenvalue weighted by Crippen LogP contribution is 2.30. The van der Waals surface area contributed by atoms with Crippen LogP contribution in [0.5, 0.6) is 0 Å². The Kier molecular flexibility index (Phi) is 5.16. The SMILES string of the molecule is Cc1noc(C)c1S(=O)(=O)N1CCCC1C(=O)Nc1ccc(I)cc1. The average Bonchev–Trinajstić information content (AvgIpc) is 3.17. The molecule has 1 N–H and O–H groups in total. The van der Waals surface area contributed by atoms with E-state index in [-0.39, 0.29) is 16.6 Å². The molecule has 1 aliphatic rings. The molecule has 1 atom stereocenters. The zero-order valence-electron chi connectivity index (χ0n) is 13.8. The number of anilines is 1. The lowest BCUT2D eigenvalue weighted by Crippen LogP contribution is -2.43. The van der Waals surface area contributed by atoms with E-state index in [1.165, 1.54) is 4.31 Å². The molecule has 25 heavy (non-hydrogen) atoms. The average molecular weight is 475 g/mol. The summed E-state index contributed by atoms with van der Waals surface area (Å²) in [4.78, 5) is 12.7. The van der Waals surface area contributed by atoms with Crippen LogP contribution in [-0.2, 0) is 14.8 Å². The monoisotopic (exact) mass is 475 g/mol. The molecule has 7 nitrogen and oxygen atoms in total. The Bertz CT molecular complexity index is 873. The summed E-state index contributed by atoms with van der Waals surface area (Å²) in [5, 5.41) is 6.52. The zero-order valence-corrected chi connectivity index (χ0v) is 16.8. The first-order valence-electron chi connectivity index (χ1n) is 7.82. The number of hydrogen-bond acceptors (Lipinski definition) is 5. The highest BCUT2D eigenvalue weighted by atomic mass is 127. The first-order chi connectivity index (χ1) is 11.8. The normalized spacial score (nSPS) is 18.4. The summed E-state index contributed by atoms with van der Waals surface area (Å²) in [6.45, 7) is 3.45. The van der Waals surface area contributed by atoms with Crippen molar-refractivity contribution in [2.75, 3.05) is 11.9 Å². The Hall–Kier alpha value is -1.46. The van der Waals surface area contributed by atoms with E-state index in [0.29, 0.717) is 30.8 Å². The smallest absolute Gasteiger partial charge is 0.249 e. The van der Waals surface area contributed by atoms with Gasteiger partial charge in [-0.3, -0.25) is 4.79 Å². The van der Waals surface area contributed by atoms with E-state index in [1.54, 1.807) is 26.0 Å². The van der Waals surface area contributed by atoms with Crippen LogP contribution in [0.15, 0.2) is 33.7 Å². The van der Waals surface area contributed by atoms with Crippen LogP contribution in [0.1, 0.15) is 24.3 Å². The summed E-state index contributed by atoms with van der Waals surface area (Å²) in [5.74, 6) is -0.0877. The first kappa shape index (κ1) is 18.3. The third-order valence-corrected chi connectivity index (χ3v) is 7.03. The van der Waals surface area contributed by atoms with Crippen molar-refractivity contribution in [3.8, 4) is 0 Å². The molecule has 3 rings (SSSR count). The van der Waals surface area contributed by atoms with Crippen molar-refractivity contribution in [3.05, 3.63) is 39.3 Å². The van der Waals surface area contributed by atoms with Crippen LogP contribution >= 0.6 is 22.6 Å². The Morgan fingerprint density at radius 1 is 1.32 bits per heavy atom. The molecule has 0 spiro atoms. The molecule has 0 aliphatic carbocycles. The molecule has 1 amide bonds. The van der Waals surface area contributed by atoms with E-state index in [9.17, 15) is 13.2 Å². The van der Waals surface area contributed by atoms with Gasteiger partial charge in [0, 0.05) is 15.8 Å². The summed E-state index contributed by atoms with van der Waals surface area (Å²) < 4.78 is 33.3. The summed E-state index contributed by atoms with van der Waals surface area (Å²) in [6, 6.07) is 6.61. The minimum atomic E-state index is -3.83. The number of aryl methyl sites for hydroxylation is 2. The molecule has 1 aromatic heterocycles.